The van der Waals surface area contributed by atoms with Gasteiger partial charge in [-0.2, -0.15) is 5.10 Å². The van der Waals surface area contributed by atoms with E-state index in [9.17, 15) is 4.79 Å². The Balaban J connectivity index is 1.59. The predicted octanol–water partition coefficient (Wildman–Crippen LogP) is 3.27. The highest BCUT2D eigenvalue weighted by molar-refractivity contribution is 6.30. The third-order valence-electron chi connectivity index (χ3n) is 4.60. The summed E-state index contributed by atoms with van der Waals surface area (Å²) < 4.78 is 1.63. The van der Waals surface area contributed by atoms with E-state index in [1.165, 1.54) is 5.56 Å². The number of carbonyl (C=O) groups is 1. The number of hydrogen-bond donors (Lipinski definition) is 0. The van der Waals surface area contributed by atoms with Crippen LogP contribution in [0.3, 0.4) is 0 Å². The van der Waals surface area contributed by atoms with E-state index in [4.69, 9.17) is 23.2 Å². The SMILES string of the molecule is CC(C)(C(=O)N1CCN(Cc2cccc(Cl)c2)CC1)n1cc(Cl)cn1. The molecule has 1 aliphatic rings. The molecule has 5 nitrogen and oxygen atoms in total. The van der Waals surface area contributed by atoms with Gasteiger partial charge >= 0.3 is 0 Å². The first kappa shape index (κ1) is 18.2. The van der Waals surface area contributed by atoms with E-state index in [2.05, 4.69) is 16.1 Å². The van der Waals surface area contributed by atoms with Crippen molar-refractivity contribution >= 4 is 29.1 Å². The number of amides is 1. The molecular formula is C18H22Cl2N4O. The Labute approximate surface area is 158 Å². The Hall–Kier alpha value is -1.56. The molecule has 1 aromatic heterocycles. The van der Waals surface area contributed by atoms with Crippen LogP contribution in [-0.2, 0) is 16.9 Å². The second-order valence-electron chi connectivity index (χ2n) is 6.86. The quantitative estimate of drug-likeness (QED) is 0.816. The van der Waals surface area contributed by atoms with E-state index in [0.717, 1.165) is 24.7 Å². The molecule has 0 atom stereocenters. The molecule has 0 unspecified atom stereocenters. The van der Waals surface area contributed by atoms with E-state index >= 15 is 0 Å². The van der Waals surface area contributed by atoms with E-state index in [1.54, 1.807) is 17.1 Å². The molecule has 1 fully saturated rings. The standard InChI is InChI=1S/C18H22Cl2N4O/c1-18(2,24-13-16(20)11-21-24)17(25)23-8-6-22(7-9-23)12-14-4-3-5-15(19)10-14/h3-5,10-11,13H,6-9,12H2,1-2H3. The minimum atomic E-state index is -0.748. The first-order chi connectivity index (χ1) is 11.9. The maximum Gasteiger partial charge on any atom is 0.250 e. The molecule has 2 heterocycles. The minimum Gasteiger partial charge on any atom is -0.338 e. The zero-order valence-electron chi connectivity index (χ0n) is 14.5. The van der Waals surface area contributed by atoms with Gasteiger partial charge in [-0.15, -0.1) is 0 Å². The summed E-state index contributed by atoms with van der Waals surface area (Å²) in [5.74, 6) is 0.0645. The summed E-state index contributed by atoms with van der Waals surface area (Å²) in [4.78, 5) is 17.2. The average molecular weight is 381 g/mol. The fraction of sp³-hybridized carbons (Fsp3) is 0.444. The number of benzene rings is 1. The summed E-state index contributed by atoms with van der Waals surface area (Å²) in [6.07, 6.45) is 3.24. The third-order valence-corrected chi connectivity index (χ3v) is 5.03. The van der Waals surface area contributed by atoms with Crippen LogP contribution >= 0.6 is 23.2 Å². The van der Waals surface area contributed by atoms with Crippen molar-refractivity contribution in [3.63, 3.8) is 0 Å². The van der Waals surface area contributed by atoms with Crippen molar-refractivity contribution in [1.29, 1.82) is 0 Å². The number of halogens is 2. The number of rotatable bonds is 4. The Morgan fingerprint density at radius 1 is 1.16 bits per heavy atom. The van der Waals surface area contributed by atoms with Crippen LogP contribution in [0.15, 0.2) is 36.7 Å². The number of nitrogens with zero attached hydrogens (tertiary/aromatic N) is 4. The van der Waals surface area contributed by atoms with Crippen LogP contribution in [0.2, 0.25) is 10.0 Å². The molecule has 0 spiro atoms. The largest absolute Gasteiger partial charge is 0.338 e. The summed E-state index contributed by atoms with van der Waals surface area (Å²) >= 11 is 12.0. The molecule has 1 amide bonds. The summed E-state index contributed by atoms with van der Waals surface area (Å²) in [7, 11) is 0. The lowest BCUT2D eigenvalue weighted by atomic mass is 10.0. The van der Waals surface area contributed by atoms with Crippen LogP contribution in [0.1, 0.15) is 19.4 Å². The van der Waals surface area contributed by atoms with Gasteiger partial charge in [0, 0.05) is 43.9 Å². The second kappa shape index (κ2) is 7.36. The number of carbonyl (C=O) groups excluding carboxylic acids is 1. The van der Waals surface area contributed by atoms with Crippen molar-refractivity contribution in [2.45, 2.75) is 25.9 Å². The van der Waals surface area contributed by atoms with Gasteiger partial charge in [0.25, 0.3) is 0 Å². The van der Waals surface area contributed by atoms with Crippen molar-refractivity contribution in [1.82, 2.24) is 19.6 Å². The number of aromatic nitrogens is 2. The molecule has 0 aliphatic carbocycles. The first-order valence-electron chi connectivity index (χ1n) is 8.33. The number of hydrogen-bond acceptors (Lipinski definition) is 3. The first-order valence-corrected chi connectivity index (χ1v) is 9.09. The van der Waals surface area contributed by atoms with Crippen molar-refractivity contribution in [3.8, 4) is 0 Å². The molecule has 0 radical (unpaired) electrons. The molecule has 1 saturated heterocycles. The molecule has 0 saturated carbocycles. The smallest absolute Gasteiger partial charge is 0.250 e. The van der Waals surface area contributed by atoms with Crippen molar-refractivity contribution in [3.05, 3.63) is 52.3 Å². The fourth-order valence-electron chi connectivity index (χ4n) is 3.09. The Morgan fingerprint density at radius 2 is 1.88 bits per heavy atom. The maximum absolute atomic E-state index is 12.9. The van der Waals surface area contributed by atoms with Crippen molar-refractivity contribution < 1.29 is 4.79 Å². The van der Waals surface area contributed by atoms with E-state index < -0.39 is 5.54 Å². The topological polar surface area (TPSA) is 41.4 Å². The normalized spacial score (nSPS) is 16.2. The highest BCUT2D eigenvalue weighted by Gasteiger charge is 2.35. The maximum atomic E-state index is 12.9. The van der Waals surface area contributed by atoms with Crippen LogP contribution in [-0.4, -0.2) is 51.7 Å². The lowest BCUT2D eigenvalue weighted by Gasteiger charge is -2.38. The molecule has 7 heteroatoms. The second-order valence-corrected chi connectivity index (χ2v) is 7.73. The Kier molecular flexibility index (Phi) is 5.37. The van der Waals surface area contributed by atoms with Gasteiger partial charge in [-0.25, -0.2) is 0 Å². The van der Waals surface area contributed by atoms with Crippen molar-refractivity contribution in [2.24, 2.45) is 0 Å². The molecule has 0 bridgehead atoms. The molecule has 1 aromatic carbocycles. The Morgan fingerprint density at radius 3 is 2.48 bits per heavy atom. The zero-order valence-corrected chi connectivity index (χ0v) is 16.0. The van der Waals surface area contributed by atoms with Crippen molar-refractivity contribution in [2.75, 3.05) is 26.2 Å². The summed E-state index contributed by atoms with van der Waals surface area (Å²) in [5.41, 5.74) is 0.446. The highest BCUT2D eigenvalue weighted by atomic mass is 35.5. The predicted molar refractivity (Wildman–Crippen MR) is 99.9 cm³/mol. The van der Waals surface area contributed by atoms with Gasteiger partial charge in [-0.1, -0.05) is 35.3 Å². The van der Waals surface area contributed by atoms with Gasteiger partial charge < -0.3 is 4.90 Å². The lowest BCUT2D eigenvalue weighted by Crippen LogP contribution is -2.54. The third kappa shape index (κ3) is 4.17. The molecule has 0 N–H and O–H groups in total. The molecule has 2 aromatic rings. The van der Waals surface area contributed by atoms with Gasteiger partial charge in [-0.05, 0) is 31.5 Å². The van der Waals surface area contributed by atoms with E-state index in [-0.39, 0.29) is 5.91 Å². The minimum absolute atomic E-state index is 0.0645. The summed E-state index contributed by atoms with van der Waals surface area (Å²) in [6.45, 7) is 7.69. The van der Waals surface area contributed by atoms with Crippen LogP contribution < -0.4 is 0 Å². The summed E-state index contributed by atoms with van der Waals surface area (Å²) in [5, 5.41) is 5.49. The van der Waals surface area contributed by atoms with Crippen LogP contribution in [0.5, 0.6) is 0 Å². The average Bonchev–Trinajstić information content (AvgIpc) is 3.02. The van der Waals surface area contributed by atoms with Gasteiger partial charge in [-0.3, -0.25) is 14.4 Å². The lowest BCUT2D eigenvalue weighted by molar-refractivity contribution is -0.141. The Bertz CT molecular complexity index is 751. The molecule has 25 heavy (non-hydrogen) atoms. The van der Waals surface area contributed by atoms with Crippen LogP contribution in [0, 0.1) is 0 Å². The van der Waals surface area contributed by atoms with E-state index in [0.29, 0.717) is 18.1 Å². The van der Waals surface area contributed by atoms with Crippen LogP contribution in [0.4, 0.5) is 0 Å². The fourth-order valence-corrected chi connectivity index (χ4v) is 3.44. The number of piperazine rings is 1. The van der Waals surface area contributed by atoms with Gasteiger partial charge in [0.05, 0.1) is 11.2 Å². The monoisotopic (exact) mass is 380 g/mol. The molecule has 3 rings (SSSR count). The molecular weight excluding hydrogens is 359 g/mol. The van der Waals surface area contributed by atoms with Crippen LogP contribution in [0.25, 0.3) is 0 Å². The van der Waals surface area contributed by atoms with Gasteiger partial charge in [0.2, 0.25) is 5.91 Å². The zero-order chi connectivity index (χ0) is 18.0. The molecule has 1 aliphatic heterocycles. The summed E-state index contributed by atoms with van der Waals surface area (Å²) in [6, 6.07) is 7.91. The molecule has 134 valence electrons. The van der Waals surface area contributed by atoms with E-state index in [1.807, 2.05) is 36.9 Å². The van der Waals surface area contributed by atoms with Gasteiger partial charge in [0.1, 0.15) is 5.54 Å². The highest BCUT2D eigenvalue weighted by Crippen LogP contribution is 2.21. The van der Waals surface area contributed by atoms with Gasteiger partial charge in [0.15, 0.2) is 0 Å².